The lowest BCUT2D eigenvalue weighted by Gasteiger charge is -2.10. The van der Waals surface area contributed by atoms with Crippen molar-refractivity contribution in [1.29, 1.82) is 0 Å². The molecule has 0 fully saturated rings. The van der Waals surface area contributed by atoms with E-state index in [2.05, 4.69) is 4.74 Å². The van der Waals surface area contributed by atoms with Gasteiger partial charge >= 0.3 is 12.1 Å². The molecular formula is C10H10F3NO3. The summed E-state index contributed by atoms with van der Waals surface area (Å²) in [5.41, 5.74) is -3.01. The zero-order valence-electron chi connectivity index (χ0n) is 8.93. The number of ether oxygens (including phenoxy) is 1. The fourth-order valence-corrected chi connectivity index (χ4v) is 1.34. The molecule has 94 valence electrons. The number of pyridine rings is 1. The molecule has 0 aromatic carbocycles. The van der Waals surface area contributed by atoms with Crippen molar-refractivity contribution in [3.63, 3.8) is 0 Å². The van der Waals surface area contributed by atoms with Crippen LogP contribution in [0.5, 0.6) is 0 Å². The normalized spacial score (nSPS) is 11.3. The third-order valence-corrected chi connectivity index (χ3v) is 1.97. The van der Waals surface area contributed by atoms with Crippen LogP contribution in [0.1, 0.15) is 18.1 Å². The molecule has 0 unspecified atom stereocenters. The second-order valence-electron chi connectivity index (χ2n) is 3.19. The Labute approximate surface area is 94.4 Å². The number of halogens is 3. The number of nitrogens with one attached hydrogen (secondary N) is 1. The van der Waals surface area contributed by atoms with Gasteiger partial charge in [0.05, 0.1) is 13.0 Å². The summed E-state index contributed by atoms with van der Waals surface area (Å²) >= 11 is 0. The highest BCUT2D eigenvalue weighted by atomic mass is 19.4. The van der Waals surface area contributed by atoms with Crippen LogP contribution in [0.25, 0.3) is 0 Å². The van der Waals surface area contributed by atoms with Crippen molar-refractivity contribution >= 4 is 5.97 Å². The molecule has 17 heavy (non-hydrogen) atoms. The second kappa shape index (κ2) is 5.03. The van der Waals surface area contributed by atoms with Crippen molar-refractivity contribution in [3.8, 4) is 0 Å². The molecule has 0 aliphatic heterocycles. The van der Waals surface area contributed by atoms with Gasteiger partial charge in [-0.15, -0.1) is 0 Å². The summed E-state index contributed by atoms with van der Waals surface area (Å²) in [5, 5.41) is 0. The van der Waals surface area contributed by atoms with Gasteiger partial charge in [-0.1, -0.05) is 0 Å². The molecule has 1 aromatic rings. The predicted octanol–water partition coefficient (Wildman–Crippen LogP) is 1.50. The number of esters is 1. The van der Waals surface area contributed by atoms with E-state index in [1.165, 1.54) is 0 Å². The van der Waals surface area contributed by atoms with Gasteiger partial charge < -0.3 is 9.72 Å². The molecule has 0 saturated carbocycles. The third-order valence-electron chi connectivity index (χ3n) is 1.97. The molecule has 0 spiro atoms. The number of carbonyl (C=O) groups is 1. The summed E-state index contributed by atoms with van der Waals surface area (Å²) in [6.07, 6.45) is -4.31. The Morgan fingerprint density at radius 3 is 2.65 bits per heavy atom. The van der Waals surface area contributed by atoms with E-state index in [1.807, 2.05) is 4.98 Å². The Morgan fingerprint density at radius 2 is 2.12 bits per heavy atom. The van der Waals surface area contributed by atoms with Crippen LogP contribution in [-0.2, 0) is 22.1 Å². The van der Waals surface area contributed by atoms with Gasteiger partial charge in [-0.2, -0.15) is 13.2 Å². The van der Waals surface area contributed by atoms with Gasteiger partial charge in [-0.05, 0) is 18.6 Å². The van der Waals surface area contributed by atoms with Crippen LogP contribution < -0.4 is 5.56 Å². The van der Waals surface area contributed by atoms with Gasteiger partial charge in [0, 0.05) is 6.20 Å². The SMILES string of the molecule is CCOC(=O)Cc1cc[nH]c(=O)c1C(F)(F)F. The minimum atomic E-state index is -4.79. The summed E-state index contributed by atoms with van der Waals surface area (Å²) < 4.78 is 42.3. The number of alkyl halides is 3. The monoisotopic (exact) mass is 249 g/mol. The quantitative estimate of drug-likeness (QED) is 0.826. The maximum absolute atomic E-state index is 12.6. The number of carbonyl (C=O) groups excluding carboxylic acids is 1. The summed E-state index contributed by atoms with van der Waals surface area (Å²) in [6, 6.07) is 1.04. The molecule has 1 N–H and O–H groups in total. The van der Waals surface area contributed by atoms with E-state index >= 15 is 0 Å². The van der Waals surface area contributed by atoms with Crippen LogP contribution in [0.15, 0.2) is 17.1 Å². The maximum Gasteiger partial charge on any atom is 0.421 e. The van der Waals surface area contributed by atoms with Gasteiger partial charge in [0.15, 0.2) is 0 Å². The number of hydrogen-bond donors (Lipinski definition) is 1. The predicted molar refractivity (Wildman–Crippen MR) is 52.4 cm³/mol. The van der Waals surface area contributed by atoms with Crippen LogP contribution in [0, 0.1) is 0 Å². The highest BCUT2D eigenvalue weighted by molar-refractivity contribution is 5.73. The highest BCUT2D eigenvalue weighted by Gasteiger charge is 2.37. The van der Waals surface area contributed by atoms with Gasteiger partial charge in [-0.3, -0.25) is 9.59 Å². The molecule has 0 aliphatic carbocycles. The van der Waals surface area contributed by atoms with Crippen molar-refractivity contribution < 1.29 is 22.7 Å². The van der Waals surface area contributed by atoms with Gasteiger partial charge in [0.2, 0.25) is 0 Å². The smallest absolute Gasteiger partial charge is 0.421 e. The van der Waals surface area contributed by atoms with Crippen molar-refractivity contribution in [1.82, 2.24) is 4.98 Å². The Bertz CT molecular complexity index is 465. The van der Waals surface area contributed by atoms with E-state index < -0.39 is 29.7 Å². The molecule has 4 nitrogen and oxygen atoms in total. The van der Waals surface area contributed by atoms with Crippen LogP contribution in [-0.4, -0.2) is 17.6 Å². The first-order valence-corrected chi connectivity index (χ1v) is 4.79. The topological polar surface area (TPSA) is 59.2 Å². The third kappa shape index (κ3) is 3.33. The zero-order valence-corrected chi connectivity index (χ0v) is 8.93. The summed E-state index contributed by atoms with van der Waals surface area (Å²) in [6.45, 7) is 1.61. The van der Waals surface area contributed by atoms with E-state index in [9.17, 15) is 22.8 Å². The number of rotatable bonds is 3. The van der Waals surface area contributed by atoms with Crippen molar-refractivity contribution in [2.24, 2.45) is 0 Å². The second-order valence-corrected chi connectivity index (χ2v) is 3.19. The molecule has 0 amide bonds. The molecule has 1 rings (SSSR count). The van der Waals surface area contributed by atoms with Crippen LogP contribution >= 0.6 is 0 Å². The minimum absolute atomic E-state index is 0.0728. The average Bonchev–Trinajstić information content (AvgIpc) is 2.15. The Hall–Kier alpha value is -1.79. The van der Waals surface area contributed by atoms with Gasteiger partial charge in [0.25, 0.3) is 5.56 Å². The lowest BCUT2D eigenvalue weighted by Crippen LogP contribution is -2.25. The number of H-pyrrole nitrogens is 1. The van der Waals surface area contributed by atoms with Crippen LogP contribution in [0.3, 0.4) is 0 Å². The number of hydrogen-bond acceptors (Lipinski definition) is 3. The van der Waals surface area contributed by atoms with E-state index in [0.717, 1.165) is 12.3 Å². The van der Waals surface area contributed by atoms with E-state index in [1.54, 1.807) is 6.92 Å². The van der Waals surface area contributed by atoms with E-state index in [0.29, 0.717) is 0 Å². The molecule has 1 aromatic heterocycles. The molecule has 0 saturated heterocycles. The molecule has 1 heterocycles. The van der Waals surface area contributed by atoms with Gasteiger partial charge in [0.1, 0.15) is 5.56 Å². The van der Waals surface area contributed by atoms with Gasteiger partial charge in [-0.25, -0.2) is 0 Å². The largest absolute Gasteiger partial charge is 0.466 e. The standard InChI is InChI=1S/C10H10F3NO3/c1-2-17-7(15)5-6-3-4-14-9(16)8(6)10(11,12)13/h3-4H,2,5H2,1H3,(H,14,16). The lowest BCUT2D eigenvalue weighted by atomic mass is 10.1. The number of aromatic amines is 1. The molecule has 0 radical (unpaired) electrons. The zero-order chi connectivity index (χ0) is 13.1. The number of aromatic nitrogens is 1. The van der Waals surface area contributed by atoms with Crippen LogP contribution in [0.4, 0.5) is 13.2 Å². The van der Waals surface area contributed by atoms with E-state index in [4.69, 9.17) is 0 Å². The summed E-state index contributed by atoms with van der Waals surface area (Å²) in [5.74, 6) is -0.802. The fourth-order valence-electron chi connectivity index (χ4n) is 1.34. The molecular weight excluding hydrogens is 239 g/mol. The Balaban J connectivity index is 3.12. The first-order chi connectivity index (χ1) is 7.86. The van der Waals surface area contributed by atoms with Crippen molar-refractivity contribution in [3.05, 3.63) is 33.7 Å². The molecule has 0 aliphatic rings. The lowest BCUT2D eigenvalue weighted by molar-refractivity contribution is -0.143. The minimum Gasteiger partial charge on any atom is -0.466 e. The maximum atomic E-state index is 12.6. The summed E-state index contributed by atoms with van der Waals surface area (Å²) in [4.78, 5) is 24.1. The first-order valence-electron chi connectivity index (χ1n) is 4.79. The first kappa shape index (κ1) is 13.3. The molecule has 7 heteroatoms. The Kier molecular flexibility index (Phi) is 3.93. The van der Waals surface area contributed by atoms with Crippen LogP contribution in [0.2, 0.25) is 0 Å². The van der Waals surface area contributed by atoms with E-state index in [-0.39, 0.29) is 12.2 Å². The van der Waals surface area contributed by atoms with Crippen molar-refractivity contribution in [2.75, 3.05) is 6.61 Å². The average molecular weight is 249 g/mol. The summed E-state index contributed by atoms with van der Waals surface area (Å²) in [7, 11) is 0. The molecule has 0 atom stereocenters. The Morgan fingerprint density at radius 1 is 1.47 bits per heavy atom. The van der Waals surface area contributed by atoms with Crippen molar-refractivity contribution in [2.45, 2.75) is 19.5 Å². The molecule has 0 bridgehead atoms. The fraction of sp³-hybridized carbons (Fsp3) is 0.400. The highest BCUT2D eigenvalue weighted by Crippen LogP contribution is 2.29.